The second-order valence-electron chi connectivity index (χ2n) is 8.33. The highest BCUT2D eigenvalue weighted by atomic mass is 32.1. The van der Waals surface area contributed by atoms with Gasteiger partial charge in [0, 0.05) is 67.0 Å². The lowest BCUT2D eigenvalue weighted by Crippen LogP contribution is -2.64. The summed E-state index contributed by atoms with van der Waals surface area (Å²) in [6.07, 6.45) is -2.99. The Morgan fingerprint density at radius 3 is 2.42 bits per heavy atom. The van der Waals surface area contributed by atoms with Crippen LogP contribution in [0.25, 0.3) is 10.1 Å². The molecule has 0 radical (unpaired) electrons. The van der Waals surface area contributed by atoms with Gasteiger partial charge in [-0.05, 0) is 18.6 Å². The lowest BCUT2D eigenvalue weighted by Gasteiger charge is -2.48. The first-order valence-electron chi connectivity index (χ1n) is 10.5. The molecule has 2 fully saturated rings. The minimum absolute atomic E-state index is 0.0743. The molecule has 0 bridgehead atoms. The number of aryl methyl sites for hydroxylation is 1. The number of rotatable bonds is 3. The number of amides is 2. The van der Waals surface area contributed by atoms with Gasteiger partial charge in [-0.1, -0.05) is 12.1 Å². The molecule has 4 heterocycles. The molecule has 0 unspecified atom stereocenters. The van der Waals surface area contributed by atoms with Gasteiger partial charge in [-0.2, -0.15) is 13.2 Å². The molecule has 2 aromatic heterocycles. The van der Waals surface area contributed by atoms with E-state index in [-0.39, 0.29) is 22.2 Å². The summed E-state index contributed by atoms with van der Waals surface area (Å²) in [6.45, 7) is 5.07. The van der Waals surface area contributed by atoms with Gasteiger partial charge in [0.25, 0.3) is 11.8 Å². The number of hydrogen-bond donors (Lipinski definition) is 0. The molecule has 0 spiro atoms. The summed E-state index contributed by atoms with van der Waals surface area (Å²) >= 11 is 2.23. The lowest BCUT2D eigenvalue weighted by atomic mass is 10.0. The van der Waals surface area contributed by atoms with Crippen LogP contribution in [-0.4, -0.2) is 76.8 Å². The van der Waals surface area contributed by atoms with Gasteiger partial charge in [0.15, 0.2) is 5.01 Å². The normalized spacial score (nSPS) is 18.1. The maximum absolute atomic E-state index is 13.8. The molecule has 174 valence electrons. The van der Waals surface area contributed by atoms with E-state index in [2.05, 4.69) is 9.88 Å². The molecule has 33 heavy (non-hydrogen) atoms. The van der Waals surface area contributed by atoms with E-state index in [9.17, 15) is 22.8 Å². The van der Waals surface area contributed by atoms with Crippen LogP contribution in [0.2, 0.25) is 0 Å². The van der Waals surface area contributed by atoms with Crippen molar-refractivity contribution in [1.82, 2.24) is 19.7 Å². The van der Waals surface area contributed by atoms with Crippen LogP contribution in [0.15, 0.2) is 29.8 Å². The fourth-order valence-corrected chi connectivity index (χ4v) is 6.28. The molecule has 3 aromatic rings. The molecule has 2 aliphatic heterocycles. The molecule has 0 atom stereocenters. The van der Waals surface area contributed by atoms with Crippen LogP contribution in [-0.2, 0) is 6.18 Å². The summed E-state index contributed by atoms with van der Waals surface area (Å²) in [5.74, 6) is -0.634. The van der Waals surface area contributed by atoms with Crippen molar-refractivity contribution in [3.63, 3.8) is 0 Å². The molecule has 2 amide bonds. The third kappa shape index (κ3) is 4.13. The highest BCUT2D eigenvalue weighted by Crippen LogP contribution is 2.43. The fourth-order valence-electron chi connectivity index (χ4n) is 4.39. The van der Waals surface area contributed by atoms with Crippen LogP contribution in [0.5, 0.6) is 0 Å². The number of thiazole rings is 1. The number of nitrogens with zero attached hydrogens (tertiary/aromatic N) is 4. The number of hydrogen-bond acceptors (Lipinski definition) is 6. The van der Waals surface area contributed by atoms with Gasteiger partial charge in [0.05, 0.1) is 5.56 Å². The van der Waals surface area contributed by atoms with E-state index < -0.39 is 17.6 Å². The first-order valence-corrected chi connectivity index (χ1v) is 12.2. The zero-order valence-corrected chi connectivity index (χ0v) is 19.4. The predicted molar refractivity (Wildman–Crippen MR) is 121 cm³/mol. The first-order chi connectivity index (χ1) is 15.7. The molecule has 1 aromatic carbocycles. The molecular formula is C22H21F3N4O2S2. The van der Waals surface area contributed by atoms with Crippen LogP contribution in [0, 0.1) is 6.92 Å². The van der Waals surface area contributed by atoms with E-state index in [1.807, 2.05) is 6.92 Å². The van der Waals surface area contributed by atoms with E-state index in [1.165, 1.54) is 22.3 Å². The number of halogens is 3. The Morgan fingerprint density at radius 1 is 1.06 bits per heavy atom. The Bertz CT molecular complexity index is 1190. The topological polar surface area (TPSA) is 56.8 Å². The Kier molecular flexibility index (Phi) is 5.66. The number of likely N-dealkylation sites (tertiary alicyclic amines) is 1. The van der Waals surface area contributed by atoms with Crippen molar-refractivity contribution < 1.29 is 22.8 Å². The monoisotopic (exact) mass is 494 g/mol. The predicted octanol–water partition coefficient (Wildman–Crippen LogP) is 3.97. The minimum atomic E-state index is -4.59. The summed E-state index contributed by atoms with van der Waals surface area (Å²) in [6, 6.07) is 4.87. The molecule has 0 aliphatic carbocycles. The number of carbonyl (C=O) groups is 2. The van der Waals surface area contributed by atoms with Crippen LogP contribution in [0.1, 0.15) is 30.6 Å². The molecule has 5 rings (SSSR count). The number of benzene rings is 1. The van der Waals surface area contributed by atoms with Crippen molar-refractivity contribution in [3.05, 3.63) is 50.8 Å². The van der Waals surface area contributed by atoms with Gasteiger partial charge in [-0.25, -0.2) is 4.98 Å². The minimum Gasteiger partial charge on any atom is -0.335 e. The Hall–Kier alpha value is -2.50. The molecule has 0 N–H and O–H groups in total. The van der Waals surface area contributed by atoms with Gasteiger partial charge in [0.1, 0.15) is 4.88 Å². The van der Waals surface area contributed by atoms with E-state index in [1.54, 1.807) is 28.6 Å². The zero-order chi connectivity index (χ0) is 23.3. The molecule has 0 saturated carbocycles. The maximum Gasteiger partial charge on any atom is 0.418 e. The molecule has 2 saturated heterocycles. The summed E-state index contributed by atoms with van der Waals surface area (Å²) in [7, 11) is 0. The molecule has 2 aliphatic rings. The van der Waals surface area contributed by atoms with Gasteiger partial charge < -0.3 is 9.80 Å². The summed E-state index contributed by atoms with van der Waals surface area (Å²) in [5.41, 5.74) is 0.0261. The van der Waals surface area contributed by atoms with Crippen LogP contribution in [0.4, 0.5) is 13.2 Å². The number of fused-ring (bicyclic) bond motifs is 1. The number of aromatic nitrogens is 1. The van der Waals surface area contributed by atoms with Crippen LogP contribution in [0.3, 0.4) is 0 Å². The van der Waals surface area contributed by atoms with E-state index >= 15 is 0 Å². The fraction of sp³-hybridized carbons (Fsp3) is 0.409. The van der Waals surface area contributed by atoms with Crippen LogP contribution < -0.4 is 0 Å². The van der Waals surface area contributed by atoms with E-state index in [0.717, 1.165) is 16.9 Å². The van der Waals surface area contributed by atoms with Crippen molar-refractivity contribution in [3.8, 4) is 0 Å². The van der Waals surface area contributed by atoms with Crippen molar-refractivity contribution >= 4 is 44.6 Å². The largest absolute Gasteiger partial charge is 0.418 e. The maximum atomic E-state index is 13.8. The number of piperazine rings is 1. The second-order valence-corrected chi connectivity index (χ2v) is 10.3. The number of carbonyl (C=O) groups excluding carboxylic acids is 2. The van der Waals surface area contributed by atoms with E-state index in [4.69, 9.17) is 0 Å². The summed E-state index contributed by atoms with van der Waals surface area (Å²) in [5, 5.41) is 2.33. The van der Waals surface area contributed by atoms with Crippen LogP contribution >= 0.6 is 22.7 Å². The van der Waals surface area contributed by atoms with E-state index in [0.29, 0.717) is 49.0 Å². The molecule has 11 heteroatoms. The first kappa shape index (κ1) is 22.3. The molecule has 6 nitrogen and oxygen atoms in total. The highest BCUT2D eigenvalue weighted by molar-refractivity contribution is 7.21. The standard InChI is InChI=1S/C22H21F3N4O2S2/c1-13-2-3-15-16(10-13)33-18(17(15)22(23,24)25)20(30)29-11-14(12-29)27-5-7-28(8-6-27)21(31)19-26-4-9-32-19/h2-4,9-10,14H,5-8,11-12H2,1H3. The second kappa shape index (κ2) is 8.37. The Balaban J connectivity index is 1.24. The SMILES string of the molecule is Cc1ccc2c(C(F)(F)F)c(C(=O)N3CC(N4CCN(C(=O)c5nccs5)CC4)C3)sc2c1. The Morgan fingerprint density at radius 2 is 1.79 bits per heavy atom. The smallest absolute Gasteiger partial charge is 0.335 e. The quantitative estimate of drug-likeness (QED) is 0.553. The van der Waals surface area contributed by atoms with Crippen molar-refractivity contribution in [1.29, 1.82) is 0 Å². The third-order valence-corrected chi connectivity index (χ3v) is 8.11. The molecular weight excluding hydrogens is 473 g/mol. The van der Waals surface area contributed by atoms with Gasteiger partial charge >= 0.3 is 6.18 Å². The Labute approximate surface area is 196 Å². The lowest BCUT2D eigenvalue weighted by molar-refractivity contribution is -0.136. The van der Waals surface area contributed by atoms with Crippen molar-refractivity contribution in [2.24, 2.45) is 0 Å². The average Bonchev–Trinajstić information content (AvgIpc) is 3.40. The average molecular weight is 495 g/mol. The zero-order valence-electron chi connectivity index (χ0n) is 17.8. The number of thiophene rings is 1. The third-order valence-electron chi connectivity index (χ3n) is 6.21. The van der Waals surface area contributed by atoms with Gasteiger partial charge in [-0.15, -0.1) is 22.7 Å². The van der Waals surface area contributed by atoms with Gasteiger partial charge in [0.2, 0.25) is 0 Å². The summed E-state index contributed by atoms with van der Waals surface area (Å²) in [4.78, 5) is 34.7. The summed E-state index contributed by atoms with van der Waals surface area (Å²) < 4.78 is 41.9. The number of alkyl halides is 3. The van der Waals surface area contributed by atoms with Gasteiger partial charge in [-0.3, -0.25) is 14.5 Å². The van der Waals surface area contributed by atoms with Crippen molar-refractivity contribution in [2.75, 3.05) is 39.3 Å². The highest BCUT2D eigenvalue weighted by Gasteiger charge is 2.43. The van der Waals surface area contributed by atoms with Crippen molar-refractivity contribution in [2.45, 2.75) is 19.1 Å².